The van der Waals surface area contributed by atoms with Crippen LogP contribution < -0.4 is 4.72 Å². The summed E-state index contributed by atoms with van der Waals surface area (Å²) in [6, 6.07) is 2.42. The number of nitro groups is 1. The molecular formula is C9H12N2O5S2. The van der Waals surface area contributed by atoms with Crippen molar-refractivity contribution in [3.05, 3.63) is 22.2 Å². The molecule has 1 atom stereocenters. The van der Waals surface area contributed by atoms with Gasteiger partial charge in [0.2, 0.25) is 10.0 Å². The highest BCUT2D eigenvalue weighted by Gasteiger charge is 2.23. The van der Waals surface area contributed by atoms with Crippen LogP contribution in [-0.2, 0) is 14.8 Å². The average molecular weight is 292 g/mol. The largest absolute Gasteiger partial charge is 0.377 e. The Kier molecular flexibility index (Phi) is 3.95. The van der Waals surface area contributed by atoms with Gasteiger partial charge in [-0.15, -0.1) is 0 Å². The van der Waals surface area contributed by atoms with Crippen LogP contribution in [0.5, 0.6) is 0 Å². The molecular weight excluding hydrogens is 280 g/mol. The van der Waals surface area contributed by atoms with E-state index >= 15 is 0 Å². The molecule has 0 radical (unpaired) electrons. The third kappa shape index (κ3) is 3.05. The van der Waals surface area contributed by atoms with E-state index in [1.54, 1.807) is 0 Å². The first-order valence-electron chi connectivity index (χ1n) is 5.34. The standard InChI is InChI=1S/C9H12N2O5S2/c12-11(13)8-3-4-9(17-8)18(14,15)10-6-7-2-1-5-16-7/h3-4,7,10H,1-2,5-6H2/t7-/m0/s1. The molecule has 0 aliphatic carbocycles. The summed E-state index contributed by atoms with van der Waals surface area (Å²) in [5.41, 5.74) is 0. The van der Waals surface area contributed by atoms with Crippen molar-refractivity contribution in [2.45, 2.75) is 23.2 Å². The molecule has 0 saturated carbocycles. The third-order valence-electron chi connectivity index (χ3n) is 2.54. The van der Waals surface area contributed by atoms with Crippen LogP contribution in [-0.4, -0.2) is 32.6 Å². The maximum atomic E-state index is 11.8. The van der Waals surface area contributed by atoms with Gasteiger partial charge in [0.1, 0.15) is 4.21 Å². The van der Waals surface area contributed by atoms with Crippen molar-refractivity contribution in [1.29, 1.82) is 0 Å². The van der Waals surface area contributed by atoms with E-state index in [0.29, 0.717) is 17.9 Å². The van der Waals surface area contributed by atoms with Crippen LogP contribution in [0.4, 0.5) is 5.00 Å². The zero-order valence-corrected chi connectivity index (χ0v) is 11.0. The van der Waals surface area contributed by atoms with Gasteiger partial charge in [-0.1, -0.05) is 0 Å². The van der Waals surface area contributed by atoms with Gasteiger partial charge in [-0.3, -0.25) is 10.1 Å². The van der Waals surface area contributed by atoms with Crippen molar-refractivity contribution in [3.8, 4) is 0 Å². The summed E-state index contributed by atoms with van der Waals surface area (Å²) < 4.78 is 31.3. The number of hydrogen-bond acceptors (Lipinski definition) is 6. The molecule has 1 aliphatic rings. The highest BCUT2D eigenvalue weighted by Crippen LogP contribution is 2.27. The van der Waals surface area contributed by atoms with E-state index in [1.807, 2.05) is 0 Å². The summed E-state index contributed by atoms with van der Waals surface area (Å²) in [6.07, 6.45) is 1.65. The molecule has 0 bridgehead atoms. The fourth-order valence-corrected chi connectivity index (χ4v) is 3.85. The van der Waals surface area contributed by atoms with Gasteiger partial charge in [-0.25, -0.2) is 13.1 Å². The Morgan fingerprint density at radius 3 is 2.89 bits per heavy atom. The lowest BCUT2D eigenvalue weighted by Crippen LogP contribution is -2.31. The molecule has 2 rings (SSSR count). The average Bonchev–Trinajstić information content (AvgIpc) is 2.98. The minimum Gasteiger partial charge on any atom is -0.377 e. The van der Waals surface area contributed by atoms with Crippen LogP contribution in [0.2, 0.25) is 0 Å². The van der Waals surface area contributed by atoms with E-state index in [-0.39, 0.29) is 21.9 Å². The smallest absolute Gasteiger partial charge is 0.325 e. The molecule has 1 saturated heterocycles. The van der Waals surface area contributed by atoms with E-state index < -0.39 is 14.9 Å². The molecule has 100 valence electrons. The van der Waals surface area contributed by atoms with Crippen LogP contribution in [0.1, 0.15) is 12.8 Å². The van der Waals surface area contributed by atoms with Gasteiger partial charge < -0.3 is 4.74 Å². The number of sulfonamides is 1. The lowest BCUT2D eigenvalue weighted by atomic mass is 10.2. The van der Waals surface area contributed by atoms with E-state index in [2.05, 4.69) is 4.72 Å². The van der Waals surface area contributed by atoms with Gasteiger partial charge in [-0.05, 0) is 30.2 Å². The van der Waals surface area contributed by atoms with Crippen LogP contribution in [0.15, 0.2) is 16.3 Å². The predicted molar refractivity (Wildman–Crippen MR) is 65.1 cm³/mol. The lowest BCUT2D eigenvalue weighted by molar-refractivity contribution is -0.380. The fourth-order valence-electron chi connectivity index (χ4n) is 1.63. The first-order valence-corrected chi connectivity index (χ1v) is 7.64. The minimum absolute atomic E-state index is 0.0489. The molecule has 1 aromatic heterocycles. The zero-order chi connectivity index (χ0) is 13.2. The summed E-state index contributed by atoms with van der Waals surface area (Å²) in [6.45, 7) is 0.852. The Balaban J connectivity index is 2.02. The number of nitrogens with one attached hydrogen (secondary N) is 1. The van der Waals surface area contributed by atoms with Crippen molar-refractivity contribution >= 4 is 26.4 Å². The summed E-state index contributed by atoms with van der Waals surface area (Å²) in [5, 5.41) is 10.3. The molecule has 0 amide bonds. The van der Waals surface area contributed by atoms with Crippen LogP contribution >= 0.6 is 11.3 Å². The van der Waals surface area contributed by atoms with E-state index in [4.69, 9.17) is 4.74 Å². The van der Waals surface area contributed by atoms with Crippen molar-refractivity contribution in [2.24, 2.45) is 0 Å². The first kappa shape index (κ1) is 13.4. The molecule has 7 nitrogen and oxygen atoms in total. The lowest BCUT2D eigenvalue weighted by Gasteiger charge is -2.09. The minimum atomic E-state index is -3.68. The van der Waals surface area contributed by atoms with E-state index in [9.17, 15) is 18.5 Å². The fraction of sp³-hybridized carbons (Fsp3) is 0.556. The number of nitrogens with zero attached hydrogens (tertiary/aromatic N) is 1. The van der Waals surface area contributed by atoms with Gasteiger partial charge in [0.25, 0.3) is 0 Å². The highest BCUT2D eigenvalue weighted by atomic mass is 32.2. The monoisotopic (exact) mass is 292 g/mol. The third-order valence-corrected chi connectivity index (χ3v) is 5.49. The Morgan fingerprint density at radius 2 is 2.33 bits per heavy atom. The van der Waals surface area contributed by atoms with Gasteiger partial charge in [-0.2, -0.15) is 0 Å². The van der Waals surface area contributed by atoms with Crippen molar-refractivity contribution in [1.82, 2.24) is 4.72 Å². The number of ether oxygens (including phenoxy) is 1. The van der Waals surface area contributed by atoms with Crippen molar-refractivity contribution < 1.29 is 18.1 Å². The van der Waals surface area contributed by atoms with Crippen LogP contribution in [0.3, 0.4) is 0 Å². The normalized spacial score (nSPS) is 20.1. The van der Waals surface area contributed by atoms with Crippen molar-refractivity contribution in [3.63, 3.8) is 0 Å². The van der Waals surface area contributed by atoms with E-state index in [1.165, 1.54) is 12.1 Å². The highest BCUT2D eigenvalue weighted by molar-refractivity contribution is 7.91. The van der Waals surface area contributed by atoms with Crippen LogP contribution in [0, 0.1) is 10.1 Å². The second-order valence-electron chi connectivity index (χ2n) is 3.84. The molecule has 0 aromatic carbocycles. The summed E-state index contributed by atoms with van der Waals surface area (Å²) >= 11 is 0.640. The molecule has 9 heteroatoms. The summed E-state index contributed by atoms with van der Waals surface area (Å²) in [7, 11) is -3.68. The maximum Gasteiger partial charge on any atom is 0.325 e. The predicted octanol–water partition coefficient (Wildman–Crippen LogP) is 1.11. The van der Waals surface area contributed by atoms with Gasteiger partial charge in [0.15, 0.2) is 0 Å². The topological polar surface area (TPSA) is 98.5 Å². The van der Waals surface area contributed by atoms with Crippen molar-refractivity contribution in [2.75, 3.05) is 13.2 Å². The maximum absolute atomic E-state index is 11.8. The second-order valence-corrected chi connectivity index (χ2v) is 6.89. The summed E-state index contributed by atoms with van der Waals surface area (Å²) in [5.74, 6) is 0. The Bertz CT molecular complexity index is 533. The number of hydrogen-bond donors (Lipinski definition) is 1. The number of rotatable bonds is 5. The molecule has 1 aromatic rings. The molecule has 1 aliphatic heterocycles. The molecule has 0 spiro atoms. The zero-order valence-electron chi connectivity index (χ0n) is 9.37. The van der Waals surface area contributed by atoms with Gasteiger partial charge in [0.05, 0.1) is 11.0 Å². The second kappa shape index (κ2) is 5.31. The Labute approximate surface area is 108 Å². The van der Waals surface area contributed by atoms with Gasteiger partial charge >= 0.3 is 5.00 Å². The Morgan fingerprint density at radius 1 is 1.56 bits per heavy atom. The van der Waals surface area contributed by atoms with E-state index in [0.717, 1.165) is 12.8 Å². The van der Waals surface area contributed by atoms with Gasteiger partial charge in [0, 0.05) is 19.2 Å². The molecule has 1 fully saturated rings. The molecule has 1 N–H and O–H groups in total. The molecule has 18 heavy (non-hydrogen) atoms. The number of thiophene rings is 1. The molecule has 2 heterocycles. The first-order chi connectivity index (χ1) is 8.49. The molecule has 0 unspecified atom stereocenters. The Hall–Kier alpha value is -1.03. The summed E-state index contributed by atoms with van der Waals surface area (Å²) in [4.78, 5) is 9.88. The van der Waals surface area contributed by atoms with Crippen LogP contribution in [0.25, 0.3) is 0 Å². The quantitative estimate of drug-likeness (QED) is 0.647. The SMILES string of the molecule is O=[N+]([O-])c1ccc(S(=O)(=O)NC[C@@H]2CCCO2)s1.